The molecule has 1 aliphatic carbocycles. The molecule has 4 rings (SSSR count). The monoisotopic (exact) mass is 432 g/mol. The number of anilines is 1. The summed E-state index contributed by atoms with van der Waals surface area (Å²) in [5.74, 6) is 0.965. The van der Waals surface area contributed by atoms with E-state index >= 15 is 0 Å². The lowest BCUT2D eigenvalue weighted by Crippen LogP contribution is -2.22. The van der Waals surface area contributed by atoms with Crippen LogP contribution in [0.3, 0.4) is 0 Å². The summed E-state index contributed by atoms with van der Waals surface area (Å²) in [6.45, 7) is 4.32. The Balaban J connectivity index is 1.52. The van der Waals surface area contributed by atoms with E-state index in [-0.39, 0.29) is 23.3 Å². The second kappa shape index (κ2) is 9.47. The molecule has 0 aliphatic heterocycles. The van der Waals surface area contributed by atoms with Gasteiger partial charge in [0.05, 0.1) is 12.3 Å². The van der Waals surface area contributed by atoms with Crippen LogP contribution < -0.4 is 15.5 Å². The summed E-state index contributed by atoms with van der Waals surface area (Å²) in [5, 5.41) is 7.17. The van der Waals surface area contributed by atoms with E-state index in [1.807, 2.05) is 13.8 Å². The van der Waals surface area contributed by atoms with Crippen molar-refractivity contribution in [1.29, 1.82) is 0 Å². The minimum absolute atomic E-state index is 0.245. The lowest BCUT2D eigenvalue weighted by Gasteiger charge is -2.13. The van der Waals surface area contributed by atoms with Crippen LogP contribution in [0.5, 0.6) is 5.75 Å². The van der Waals surface area contributed by atoms with Crippen LogP contribution in [0, 0.1) is 6.92 Å². The second-order valence-electron chi connectivity index (χ2n) is 7.33. The minimum atomic E-state index is -0.389. The Morgan fingerprint density at radius 1 is 1.12 bits per heavy atom. The number of hydrazone groups is 1. The summed E-state index contributed by atoms with van der Waals surface area (Å²) in [4.78, 5) is 29.2. The van der Waals surface area contributed by atoms with Crippen LogP contribution >= 0.6 is 0 Å². The van der Waals surface area contributed by atoms with Crippen molar-refractivity contribution in [1.82, 2.24) is 10.4 Å². The molecule has 1 aromatic carbocycles. The SMILES string of the molecule is CCOc1ccc(NC(=O)c2oc3c(c2C)/C(=N/NC(=O)c2ccccn2)CCC3)cc1. The Hall–Kier alpha value is -3.94. The fraction of sp³-hybridized carbons (Fsp3) is 0.250. The van der Waals surface area contributed by atoms with Crippen LogP contribution in [0.2, 0.25) is 0 Å². The number of fused-ring (bicyclic) bond motifs is 1. The number of aromatic nitrogens is 1. The maximum absolute atomic E-state index is 12.9. The van der Waals surface area contributed by atoms with Crippen molar-refractivity contribution in [3.63, 3.8) is 0 Å². The first-order chi connectivity index (χ1) is 15.6. The third kappa shape index (κ3) is 4.54. The number of carbonyl (C=O) groups is 2. The lowest BCUT2D eigenvalue weighted by atomic mass is 9.93. The molecule has 2 heterocycles. The van der Waals surface area contributed by atoms with Crippen molar-refractivity contribution < 1.29 is 18.7 Å². The van der Waals surface area contributed by atoms with Gasteiger partial charge in [-0.25, -0.2) is 5.43 Å². The van der Waals surface area contributed by atoms with Gasteiger partial charge in [0.2, 0.25) is 0 Å². The molecule has 1 aliphatic rings. The predicted molar refractivity (Wildman–Crippen MR) is 120 cm³/mol. The minimum Gasteiger partial charge on any atom is -0.494 e. The quantitative estimate of drug-likeness (QED) is 0.571. The molecule has 0 unspecified atom stereocenters. The molecule has 164 valence electrons. The van der Waals surface area contributed by atoms with Crippen LogP contribution in [0.15, 0.2) is 58.2 Å². The van der Waals surface area contributed by atoms with Gasteiger partial charge in [-0.2, -0.15) is 5.10 Å². The predicted octanol–water partition coefficient (Wildman–Crippen LogP) is 4.10. The van der Waals surface area contributed by atoms with Gasteiger partial charge in [0.15, 0.2) is 5.76 Å². The van der Waals surface area contributed by atoms with Crippen molar-refractivity contribution in [3.8, 4) is 5.75 Å². The zero-order chi connectivity index (χ0) is 22.5. The molecule has 0 saturated heterocycles. The Bertz CT molecular complexity index is 1150. The maximum atomic E-state index is 12.9. The smallest absolute Gasteiger partial charge is 0.291 e. The van der Waals surface area contributed by atoms with E-state index in [0.717, 1.165) is 17.7 Å². The molecule has 0 bridgehead atoms. The number of rotatable bonds is 6. The van der Waals surface area contributed by atoms with Crippen molar-refractivity contribution in [3.05, 3.63) is 77.0 Å². The number of hydrogen-bond donors (Lipinski definition) is 2. The highest BCUT2D eigenvalue weighted by Gasteiger charge is 2.28. The molecule has 2 N–H and O–H groups in total. The van der Waals surface area contributed by atoms with Crippen LogP contribution in [0.25, 0.3) is 0 Å². The van der Waals surface area contributed by atoms with E-state index < -0.39 is 0 Å². The normalized spacial score (nSPS) is 14.0. The van der Waals surface area contributed by atoms with E-state index in [1.54, 1.807) is 48.7 Å². The highest BCUT2D eigenvalue weighted by Crippen LogP contribution is 2.30. The average Bonchev–Trinajstić information content (AvgIpc) is 3.17. The third-order valence-corrected chi connectivity index (χ3v) is 5.15. The molecule has 32 heavy (non-hydrogen) atoms. The first-order valence-electron chi connectivity index (χ1n) is 10.5. The number of furan rings is 1. The van der Waals surface area contributed by atoms with Crippen LogP contribution in [-0.2, 0) is 6.42 Å². The lowest BCUT2D eigenvalue weighted by molar-refractivity contribution is 0.0948. The van der Waals surface area contributed by atoms with Crippen molar-refractivity contribution in [2.75, 3.05) is 11.9 Å². The van der Waals surface area contributed by atoms with E-state index in [0.29, 0.717) is 42.2 Å². The fourth-order valence-electron chi connectivity index (χ4n) is 3.66. The highest BCUT2D eigenvalue weighted by atomic mass is 16.5. The first kappa shape index (κ1) is 21.3. The molecular formula is C24H24N4O4. The first-order valence-corrected chi connectivity index (χ1v) is 10.5. The Labute approximate surface area is 185 Å². The topological polar surface area (TPSA) is 106 Å². The Morgan fingerprint density at radius 2 is 1.94 bits per heavy atom. The number of nitrogens with one attached hydrogen (secondary N) is 2. The van der Waals surface area contributed by atoms with E-state index in [1.165, 1.54) is 0 Å². The van der Waals surface area contributed by atoms with Gasteiger partial charge in [-0.1, -0.05) is 6.07 Å². The van der Waals surface area contributed by atoms with Gasteiger partial charge < -0.3 is 14.5 Å². The Kier molecular flexibility index (Phi) is 6.30. The van der Waals surface area contributed by atoms with Gasteiger partial charge in [0.1, 0.15) is 17.2 Å². The third-order valence-electron chi connectivity index (χ3n) is 5.15. The second-order valence-corrected chi connectivity index (χ2v) is 7.33. The van der Waals surface area contributed by atoms with Crippen LogP contribution in [0.1, 0.15) is 57.7 Å². The molecule has 0 spiro atoms. The largest absolute Gasteiger partial charge is 0.494 e. The summed E-state index contributed by atoms with van der Waals surface area (Å²) < 4.78 is 11.3. The summed E-state index contributed by atoms with van der Waals surface area (Å²) in [6.07, 6.45) is 3.75. The molecule has 0 radical (unpaired) electrons. The van der Waals surface area contributed by atoms with E-state index in [4.69, 9.17) is 9.15 Å². The van der Waals surface area contributed by atoms with Gasteiger partial charge in [-0.15, -0.1) is 0 Å². The van der Waals surface area contributed by atoms with Crippen LogP contribution in [-0.4, -0.2) is 29.1 Å². The molecular weight excluding hydrogens is 408 g/mol. The summed E-state index contributed by atoms with van der Waals surface area (Å²) >= 11 is 0. The number of pyridine rings is 1. The Morgan fingerprint density at radius 3 is 2.66 bits per heavy atom. The molecule has 3 aromatic rings. The summed E-state index contributed by atoms with van der Waals surface area (Å²) in [5.41, 5.74) is 5.67. The number of hydrogen-bond acceptors (Lipinski definition) is 6. The van der Waals surface area contributed by atoms with Crippen LogP contribution in [0.4, 0.5) is 5.69 Å². The number of carbonyl (C=O) groups excluding carboxylic acids is 2. The molecule has 8 heteroatoms. The van der Waals surface area contributed by atoms with Crippen molar-refractivity contribution >= 4 is 23.2 Å². The average molecular weight is 432 g/mol. The molecule has 0 fully saturated rings. The fourth-order valence-corrected chi connectivity index (χ4v) is 3.66. The molecule has 0 saturated carbocycles. The number of amides is 2. The van der Waals surface area contributed by atoms with Gasteiger partial charge in [-0.05, 0) is 63.1 Å². The summed E-state index contributed by atoms with van der Waals surface area (Å²) in [7, 11) is 0. The van der Waals surface area contributed by atoms with Gasteiger partial charge >= 0.3 is 0 Å². The van der Waals surface area contributed by atoms with Crippen molar-refractivity contribution in [2.45, 2.75) is 33.1 Å². The summed E-state index contributed by atoms with van der Waals surface area (Å²) in [6, 6.07) is 12.3. The zero-order valence-electron chi connectivity index (χ0n) is 18.0. The van der Waals surface area contributed by atoms with Crippen molar-refractivity contribution in [2.24, 2.45) is 5.10 Å². The maximum Gasteiger partial charge on any atom is 0.291 e. The van der Waals surface area contributed by atoms with E-state index in [9.17, 15) is 9.59 Å². The number of nitrogens with zero attached hydrogens (tertiary/aromatic N) is 2. The van der Waals surface area contributed by atoms with Gasteiger partial charge in [0.25, 0.3) is 11.8 Å². The standard InChI is InChI=1S/C24H24N4O4/c1-3-31-17-12-10-16(11-13-17)26-24(30)22-15(2)21-18(8-6-9-20(21)32-22)27-28-23(29)19-7-4-5-14-25-19/h4-5,7,10-14H,3,6,8-9H2,1-2H3,(H,26,30)(H,28,29)/b27-18+. The highest BCUT2D eigenvalue weighted by molar-refractivity contribution is 6.09. The molecule has 2 aromatic heterocycles. The zero-order valence-corrected chi connectivity index (χ0v) is 18.0. The van der Waals surface area contributed by atoms with E-state index in [2.05, 4.69) is 20.8 Å². The number of benzene rings is 1. The van der Waals surface area contributed by atoms with Gasteiger partial charge in [-0.3, -0.25) is 14.6 Å². The number of aryl methyl sites for hydroxylation is 1. The van der Waals surface area contributed by atoms with Gasteiger partial charge in [0, 0.05) is 29.4 Å². The molecule has 8 nitrogen and oxygen atoms in total. The molecule has 2 amide bonds. The molecule has 0 atom stereocenters. The number of ether oxygens (including phenoxy) is 1.